The van der Waals surface area contributed by atoms with Gasteiger partial charge in [0, 0.05) is 5.56 Å². The Morgan fingerprint density at radius 2 is 1.88 bits per heavy atom. The molecule has 0 radical (unpaired) electrons. The number of allylic oxidation sites excluding steroid dienone is 1. The van der Waals surface area contributed by atoms with Crippen molar-refractivity contribution >= 4 is 17.8 Å². The summed E-state index contributed by atoms with van der Waals surface area (Å²) in [5.41, 5.74) is 2.49. The van der Waals surface area contributed by atoms with E-state index >= 15 is 0 Å². The lowest BCUT2D eigenvalue weighted by Gasteiger charge is -2.02. The quantitative estimate of drug-likeness (QED) is 0.404. The van der Waals surface area contributed by atoms with Crippen LogP contribution >= 0.6 is 0 Å². The molecule has 0 unspecified atom stereocenters. The van der Waals surface area contributed by atoms with Crippen molar-refractivity contribution in [3.63, 3.8) is 0 Å². The van der Waals surface area contributed by atoms with Gasteiger partial charge in [-0.25, -0.2) is 9.48 Å². The summed E-state index contributed by atoms with van der Waals surface area (Å²) in [4.78, 5) is 23.7. The maximum absolute atomic E-state index is 12.3. The number of hydrogen-bond donors (Lipinski definition) is 0. The molecule has 3 rings (SSSR count). The van der Waals surface area contributed by atoms with E-state index in [0.29, 0.717) is 16.8 Å². The fraction of sp³-hybridized carbons (Fsp3) is 0.0556. The third-order valence-electron chi connectivity index (χ3n) is 3.50. The third kappa shape index (κ3) is 3.84. The van der Waals surface area contributed by atoms with E-state index in [4.69, 9.17) is 0 Å². The van der Waals surface area contributed by atoms with Gasteiger partial charge in [0.2, 0.25) is 0 Å². The zero-order chi connectivity index (χ0) is 17.6. The van der Waals surface area contributed by atoms with E-state index in [1.165, 1.54) is 24.2 Å². The van der Waals surface area contributed by atoms with Gasteiger partial charge in [-0.2, -0.15) is 0 Å². The van der Waals surface area contributed by atoms with Gasteiger partial charge in [-0.1, -0.05) is 30.3 Å². The van der Waals surface area contributed by atoms with Crippen molar-refractivity contribution in [2.45, 2.75) is 0 Å². The first-order chi connectivity index (χ1) is 12.2. The Morgan fingerprint density at radius 3 is 2.56 bits per heavy atom. The zero-order valence-corrected chi connectivity index (χ0v) is 13.4. The van der Waals surface area contributed by atoms with E-state index in [9.17, 15) is 9.59 Å². The van der Waals surface area contributed by atoms with Crippen molar-refractivity contribution in [1.29, 1.82) is 0 Å². The summed E-state index contributed by atoms with van der Waals surface area (Å²) in [7, 11) is 1.33. The predicted molar refractivity (Wildman–Crippen MR) is 90.3 cm³/mol. The second-order valence-corrected chi connectivity index (χ2v) is 5.12. The number of ether oxygens (including phenoxy) is 1. The van der Waals surface area contributed by atoms with Crippen LogP contribution in [-0.2, 0) is 4.74 Å². The molecular formula is C18H14N4O3. The first-order valence-electron chi connectivity index (χ1n) is 7.41. The highest BCUT2D eigenvalue weighted by Crippen LogP contribution is 2.12. The van der Waals surface area contributed by atoms with Gasteiger partial charge in [0.15, 0.2) is 5.78 Å². The number of tetrazole rings is 1. The predicted octanol–water partition coefficient (Wildman–Crippen LogP) is 2.34. The number of nitrogens with zero attached hydrogens (tertiary/aromatic N) is 4. The summed E-state index contributed by atoms with van der Waals surface area (Å²) in [6, 6.07) is 13.8. The monoisotopic (exact) mass is 334 g/mol. The summed E-state index contributed by atoms with van der Waals surface area (Å²) in [5.74, 6) is -0.544. The average Bonchev–Trinajstić information content (AvgIpc) is 3.21. The van der Waals surface area contributed by atoms with Crippen LogP contribution in [0.3, 0.4) is 0 Å². The number of carbonyl (C=O) groups excluding carboxylic acids is 2. The number of ketones is 1. The molecule has 0 atom stereocenters. The minimum atomic E-state index is -0.397. The summed E-state index contributed by atoms with van der Waals surface area (Å²) in [5, 5.41) is 10.9. The molecule has 0 N–H and O–H groups in total. The van der Waals surface area contributed by atoms with Gasteiger partial charge in [-0.3, -0.25) is 4.79 Å². The summed E-state index contributed by atoms with van der Waals surface area (Å²) >= 11 is 0. The number of esters is 1. The van der Waals surface area contributed by atoms with Crippen LogP contribution in [0.15, 0.2) is 60.9 Å². The van der Waals surface area contributed by atoms with Crippen LogP contribution in [0.1, 0.15) is 26.3 Å². The number of hydrogen-bond acceptors (Lipinski definition) is 6. The molecule has 7 heteroatoms. The standard InChI is InChI=1S/C18H14N4O3/c1-25-18(24)14-8-5-13(6-9-14)7-10-17(23)15-3-2-4-16(11-15)22-12-19-20-21-22/h2-12H,1H3/b10-7+. The molecule has 124 valence electrons. The molecule has 0 fully saturated rings. The lowest BCUT2D eigenvalue weighted by atomic mass is 10.1. The van der Waals surface area contributed by atoms with Gasteiger partial charge < -0.3 is 4.74 Å². The van der Waals surface area contributed by atoms with E-state index in [0.717, 1.165) is 5.56 Å². The highest BCUT2D eigenvalue weighted by molar-refractivity contribution is 6.07. The number of methoxy groups -OCH3 is 1. The number of aromatic nitrogens is 4. The number of carbonyl (C=O) groups is 2. The summed E-state index contributed by atoms with van der Waals surface area (Å²) in [6.07, 6.45) is 4.63. The van der Waals surface area contributed by atoms with Crippen LogP contribution in [0, 0.1) is 0 Å². The maximum Gasteiger partial charge on any atom is 0.337 e. The van der Waals surface area contributed by atoms with Gasteiger partial charge >= 0.3 is 5.97 Å². The van der Waals surface area contributed by atoms with Crippen molar-refractivity contribution in [2.24, 2.45) is 0 Å². The zero-order valence-electron chi connectivity index (χ0n) is 13.4. The molecule has 0 aliphatic heterocycles. The van der Waals surface area contributed by atoms with Crippen molar-refractivity contribution < 1.29 is 14.3 Å². The van der Waals surface area contributed by atoms with E-state index in [1.54, 1.807) is 48.5 Å². The molecule has 2 aromatic carbocycles. The summed E-state index contributed by atoms with van der Waals surface area (Å²) < 4.78 is 6.13. The SMILES string of the molecule is COC(=O)c1ccc(/C=C/C(=O)c2cccc(-n3cnnn3)c2)cc1. The molecule has 7 nitrogen and oxygen atoms in total. The highest BCUT2D eigenvalue weighted by Gasteiger charge is 2.06. The molecule has 1 heterocycles. The highest BCUT2D eigenvalue weighted by atomic mass is 16.5. The first-order valence-corrected chi connectivity index (χ1v) is 7.41. The minimum absolute atomic E-state index is 0.146. The van der Waals surface area contributed by atoms with Gasteiger partial charge in [0.05, 0.1) is 18.4 Å². The van der Waals surface area contributed by atoms with E-state index in [-0.39, 0.29) is 5.78 Å². The number of rotatable bonds is 5. The molecule has 1 aromatic heterocycles. The Kier molecular flexibility index (Phi) is 4.75. The molecule has 0 saturated heterocycles. The molecule has 0 saturated carbocycles. The molecular weight excluding hydrogens is 320 g/mol. The van der Waals surface area contributed by atoms with Crippen molar-refractivity contribution in [1.82, 2.24) is 20.2 Å². The molecule has 0 aliphatic carbocycles. The molecule has 25 heavy (non-hydrogen) atoms. The smallest absolute Gasteiger partial charge is 0.337 e. The van der Waals surface area contributed by atoms with Gasteiger partial charge in [0.1, 0.15) is 6.33 Å². The second kappa shape index (κ2) is 7.31. The van der Waals surface area contributed by atoms with Gasteiger partial charge in [0.25, 0.3) is 0 Å². The lowest BCUT2D eigenvalue weighted by molar-refractivity contribution is 0.0600. The van der Waals surface area contributed by atoms with E-state index < -0.39 is 5.97 Å². The normalized spacial score (nSPS) is 10.8. The molecule has 0 amide bonds. The van der Waals surface area contributed by atoms with E-state index in [1.807, 2.05) is 6.07 Å². The molecule has 3 aromatic rings. The average molecular weight is 334 g/mol. The Hall–Kier alpha value is -3.61. The van der Waals surface area contributed by atoms with Crippen LogP contribution in [0.4, 0.5) is 0 Å². The Morgan fingerprint density at radius 1 is 1.08 bits per heavy atom. The summed E-state index contributed by atoms with van der Waals surface area (Å²) in [6.45, 7) is 0. The van der Waals surface area contributed by atoms with Crippen LogP contribution in [0.25, 0.3) is 11.8 Å². The fourth-order valence-electron chi connectivity index (χ4n) is 2.20. The Labute approximate surface area is 143 Å². The van der Waals surface area contributed by atoms with E-state index in [2.05, 4.69) is 20.3 Å². The third-order valence-corrected chi connectivity index (χ3v) is 3.50. The topological polar surface area (TPSA) is 87.0 Å². The minimum Gasteiger partial charge on any atom is -0.465 e. The van der Waals surface area contributed by atoms with Crippen molar-refractivity contribution in [3.05, 3.63) is 77.6 Å². The van der Waals surface area contributed by atoms with Crippen LogP contribution in [0.2, 0.25) is 0 Å². The van der Waals surface area contributed by atoms with Crippen molar-refractivity contribution in [3.8, 4) is 5.69 Å². The number of benzene rings is 2. The van der Waals surface area contributed by atoms with Crippen LogP contribution in [-0.4, -0.2) is 39.1 Å². The molecule has 0 aliphatic rings. The maximum atomic E-state index is 12.3. The molecule has 0 spiro atoms. The Balaban J connectivity index is 1.75. The molecule has 0 bridgehead atoms. The van der Waals surface area contributed by atoms with Crippen LogP contribution in [0.5, 0.6) is 0 Å². The van der Waals surface area contributed by atoms with Crippen LogP contribution < -0.4 is 0 Å². The largest absolute Gasteiger partial charge is 0.465 e. The second-order valence-electron chi connectivity index (χ2n) is 5.12. The Bertz CT molecular complexity index is 916. The van der Waals surface area contributed by atoms with Gasteiger partial charge in [-0.15, -0.1) is 5.10 Å². The first kappa shape index (κ1) is 16.3. The van der Waals surface area contributed by atoms with Gasteiger partial charge in [-0.05, 0) is 46.3 Å². The lowest BCUT2D eigenvalue weighted by Crippen LogP contribution is -2.00. The van der Waals surface area contributed by atoms with Crippen molar-refractivity contribution in [2.75, 3.05) is 7.11 Å². The fourth-order valence-corrected chi connectivity index (χ4v) is 2.20.